The van der Waals surface area contributed by atoms with Crippen LogP contribution < -0.4 is 10.1 Å². The molecule has 0 heterocycles. The van der Waals surface area contributed by atoms with E-state index in [1.165, 1.54) is 12.7 Å². The second-order valence-electron chi connectivity index (χ2n) is 5.37. The summed E-state index contributed by atoms with van der Waals surface area (Å²) < 4.78 is 10.4. The van der Waals surface area contributed by atoms with E-state index in [1.54, 1.807) is 7.11 Å². The van der Waals surface area contributed by atoms with Gasteiger partial charge in [-0.3, -0.25) is 5.32 Å². The number of fused-ring (bicyclic) bond motifs is 1. The highest BCUT2D eigenvalue weighted by Crippen LogP contribution is 2.40. The largest absolute Gasteiger partial charge is 0.497 e. The molecule has 0 aromatic heterocycles. The molecule has 1 aromatic rings. The van der Waals surface area contributed by atoms with Crippen LogP contribution in [0.5, 0.6) is 5.75 Å². The van der Waals surface area contributed by atoms with Gasteiger partial charge in [0.05, 0.1) is 14.2 Å². The lowest BCUT2D eigenvalue weighted by Gasteiger charge is -2.32. The Morgan fingerprint density at radius 3 is 2.80 bits per heavy atom. The first-order valence-corrected chi connectivity index (χ1v) is 7.11. The molecule has 1 N–H and O–H groups in total. The maximum Gasteiger partial charge on any atom is 0.330 e. The monoisotopic (exact) mass is 277 g/mol. The van der Waals surface area contributed by atoms with Crippen molar-refractivity contribution in [2.75, 3.05) is 14.2 Å². The number of ether oxygens (including phenoxy) is 2. The fourth-order valence-corrected chi connectivity index (χ4v) is 2.87. The van der Waals surface area contributed by atoms with Crippen molar-refractivity contribution in [2.24, 2.45) is 0 Å². The van der Waals surface area contributed by atoms with Crippen molar-refractivity contribution in [1.82, 2.24) is 5.32 Å². The third kappa shape index (κ3) is 2.40. The molecule has 0 fully saturated rings. The lowest BCUT2D eigenvalue weighted by Crippen LogP contribution is -2.51. The number of aryl methyl sites for hydroxylation is 1. The SMILES string of the molecule is CCC(C)NC1(C(=O)OC)CCc2ccc(OC)cc21. The smallest absolute Gasteiger partial charge is 0.330 e. The predicted molar refractivity (Wildman–Crippen MR) is 77.9 cm³/mol. The molecule has 4 nitrogen and oxygen atoms in total. The molecule has 0 amide bonds. The second kappa shape index (κ2) is 5.83. The van der Waals surface area contributed by atoms with Gasteiger partial charge in [0.25, 0.3) is 0 Å². The molecule has 1 aromatic carbocycles. The lowest BCUT2D eigenvalue weighted by atomic mass is 9.90. The van der Waals surface area contributed by atoms with Crippen LogP contribution in [0.3, 0.4) is 0 Å². The van der Waals surface area contributed by atoms with Crippen LogP contribution in [0, 0.1) is 0 Å². The van der Waals surface area contributed by atoms with E-state index < -0.39 is 5.54 Å². The molecule has 2 atom stereocenters. The van der Waals surface area contributed by atoms with Crippen LogP contribution in [0.25, 0.3) is 0 Å². The van der Waals surface area contributed by atoms with Crippen LogP contribution in [0.2, 0.25) is 0 Å². The minimum absolute atomic E-state index is 0.218. The Kier molecular flexibility index (Phi) is 4.33. The van der Waals surface area contributed by atoms with Gasteiger partial charge in [-0.25, -0.2) is 4.79 Å². The maximum absolute atomic E-state index is 12.4. The molecular formula is C16H23NO3. The van der Waals surface area contributed by atoms with Gasteiger partial charge < -0.3 is 9.47 Å². The molecule has 0 bridgehead atoms. The summed E-state index contributed by atoms with van der Waals surface area (Å²) in [5.41, 5.74) is 1.43. The average Bonchev–Trinajstić information content (AvgIpc) is 2.85. The van der Waals surface area contributed by atoms with E-state index in [1.807, 2.05) is 18.2 Å². The van der Waals surface area contributed by atoms with E-state index in [9.17, 15) is 4.79 Å². The molecule has 110 valence electrons. The maximum atomic E-state index is 12.4. The summed E-state index contributed by atoms with van der Waals surface area (Å²) in [6.45, 7) is 4.19. The molecule has 0 saturated carbocycles. The molecular weight excluding hydrogens is 254 g/mol. The number of hydrogen-bond acceptors (Lipinski definition) is 4. The zero-order valence-electron chi connectivity index (χ0n) is 12.7. The molecule has 1 aliphatic rings. The zero-order valence-corrected chi connectivity index (χ0v) is 12.7. The molecule has 1 aliphatic carbocycles. The zero-order chi connectivity index (χ0) is 14.8. The number of nitrogens with one attached hydrogen (secondary N) is 1. The normalized spacial score (nSPS) is 22.2. The summed E-state index contributed by atoms with van der Waals surface area (Å²) >= 11 is 0. The second-order valence-corrected chi connectivity index (χ2v) is 5.37. The molecule has 0 radical (unpaired) electrons. The Morgan fingerprint density at radius 1 is 1.45 bits per heavy atom. The number of esters is 1. The Hall–Kier alpha value is -1.55. The van der Waals surface area contributed by atoms with Crippen LogP contribution >= 0.6 is 0 Å². The first-order chi connectivity index (χ1) is 9.57. The van der Waals surface area contributed by atoms with Gasteiger partial charge in [0.1, 0.15) is 11.3 Å². The summed E-state index contributed by atoms with van der Waals surface area (Å²) in [5.74, 6) is 0.551. The van der Waals surface area contributed by atoms with Crippen molar-refractivity contribution in [3.8, 4) is 5.75 Å². The van der Waals surface area contributed by atoms with Gasteiger partial charge in [0.15, 0.2) is 0 Å². The van der Waals surface area contributed by atoms with Gasteiger partial charge in [-0.15, -0.1) is 0 Å². The highest BCUT2D eigenvalue weighted by atomic mass is 16.5. The Morgan fingerprint density at radius 2 is 2.20 bits per heavy atom. The first-order valence-electron chi connectivity index (χ1n) is 7.11. The summed E-state index contributed by atoms with van der Waals surface area (Å²) in [4.78, 5) is 12.4. The predicted octanol–water partition coefficient (Wildman–Crippen LogP) is 2.40. The third-order valence-electron chi connectivity index (χ3n) is 4.19. The van der Waals surface area contributed by atoms with E-state index in [2.05, 4.69) is 19.2 Å². The summed E-state index contributed by atoms with van der Waals surface area (Å²) in [6.07, 6.45) is 2.56. The van der Waals surface area contributed by atoms with Crippen LogP contribution in [0.15, 0.2) is 18.2 Å². The molecule has 0 spiro atoms. The van der Waals surface area contributed by atoms with Crippen molar-refractivity contribution in [1.29, 1.82) is 0 Å². The number of benzene rings is 1. The summed E-state index contributed by atoms with van der Waals surface area (Å²) in [6, 6.07) is 6.17. The highest BCUT2D eigenvalue weighted by molar-refractivity contribution is 5.84. The molecule has 2 unspecified atom stereocenters. The number of methoxy groups -OCH3 is 2. The number of carbonyl (C=O) groups is 1. The van der Waals surface area contributed by atoms with Crippen LogP contribution in [-0.4, -0.2) is 26.2 Å². The number of carbonyl (C=O) groups excluding carboxylic acids is 1. The highest BCUT2D eigenvalue weighted by Gasteiger charge is 2.47. The van der Waals surface area contributed by atoms with Gasteiger partial charge in [-0.05, 0) is 49.4 Å². The van der Waals surface area contributed by atoms with Crippen LogP contribution in [-0.2, 0) is 21.5 Å². The van der Waals surface area contributed by atoms with E-state index in [0.717, 1.165) is 30.6 Å². The van der Waals surface area contributed by atoms with E-state index in [-0.39, 0.29) is 12.0 Å². The molecule has 0 saturated heterocycles. The van der Waals surface area contributed by atoms with Gasteiger partial charge in [0, 0.05) is 6.04 Å². The quantitative estimate of drug-likeness (QED) is 0.840. The van der Waals surface area contributed by atoms with Crippen LogP contribution in [0.4, 0.5) is 0 Å². The fraction of sp³-hybridized carbons (Fsp3) is 0.562. The average molecular weight is 277 g/mol. The van der Waals surface area contributed by atoms with Crippen molar-refractivity contribution in [3.63, 3.8) is 0 Å². The first kappa shape index (κ1) is 14.9. The fourth-order valence-electron chi connectivity index (χ4n) is 2.87. The van der Waals surface area contributed by atoms with Crippen molar-refractivity contribution < 1.29 is 14.3 Å². The molecule has 4 heteroatoms. The van der Waals surface area contributed by atoms with E-state index >= 15 is 0 Å². The number of rotatable bonds is 5. The minimum Gasteiger partial charge on any atom is -0.497 e. The Bertz CT molecular complexity index is 500. The van der Waals surface area contributed by atoms with E-state index in [4.69, 9.17) is 9.47 Å². The summed E-state index contributed by atoms with van der Waals surface area (Å²) in [5, 5.41) is 3.47. The molecule has 20 heavy (non-hydrogen) atoms. The topological polar surface area (TPSA) is 47.6 Å². The van der Waals surface area contributed by atoms with Crippen molar-refractivity contribution in [3.05, 3.63) is 29.3 Å². The standard InChI is InChI=1S/C16H23NO3/c1-5-11(2)17-16(15(18)20-4)9-8-12-6-7-13(19-3)10-14(12)16/h6-7,10-11,17H,5,8-9H2,1-4H3. The van der Waals surface area contributed by atoms with Gasteiger partial charge >= 0.3 is 5.97 Å². The van der Waals surface area contributed by atoms with Crippen LogP contribution in [0.1, 0.15) is 37.8 Å². The van der Waals surface area contributed by atoms with Gasteiger partial charge in [0.2, 0.25) is 0 Å². The third-order valence-corrected chi connectivity index (χ3v) is 4.19. The molecule has 2 rings (SSSR count). The van der Waals surface area contributed by atoms with Gasteiger partial charge in [-0.1, -0.05) is 13.0 Å². The van der Waals surface area contributed by atoms with Crippen molar-refractivity contribution in [2.45, 2.75) is 44.7 Å². The Labute approximate surface area is 120 Å². The Balaban J connectivity index is 2.48. The lowest BCUT2D eigenvalue weighted by molar-refractivity contribution is -0.149. The minimum atomic E-state index is -0.742. The van der Waals surface area contributed by atoms with Gasteiger partial charge in [-0.2, -0.15) is 0 Å². The van der Waals surface area contributed by atoms with E-state index in [0.29, 0.717) is 0 Å². The summed E-state index contributed by atoms with van der Waals surface area (Å²) in [7, 11) is 3.08. The van der Waals surface area contributed by atoms with Crippen molar-refractivity contribution >= 4 is 5.97 Å². The number of hydrogen-bond donors (Lipinski definition) is 1. The molecule has 0 aliphatic heterocycles.